The van der Waals surface area contributed by atoms with Crippen molar-refractivity contribution in [1.82, 2.24) is 5.32 Å². The van der Waals surface area contributed by atoms with Crippen LogP contribution in [0.1, 0.15) is 23.6 Å². The standard InChI is InChI=1S/C17H20N2S/c1-20-17-9-5-4-8-16(17)19-15-10-11-18-12-13-6-2-3-7-14(13)15/h2-9,15,18-19H,10-12H2,1H3. The molecule has 0 radical (unpaired) electrons. The van der Waals surface area contributed by atoms with Crippen LogP contribution in [0, 0.1) is 0 Å². The summed E-state index contributed by atoms with van der Waals surface area (Å²) < 4.78 is 0. The Morgan fingerprint density at radius 2 is 1.90 bits per heavy atom. The van der Waals surface area contributed by atoms with E-state index in [0.717, 1.165) is 19.5 Å². The van der Waals surface area contributed by atoms with E-state index in [1.165, 1.54) is 21.7 Å². The third kappa shape index (κ3) is 2.84. The van der Waals surface area contributed by atoms with Gasteiger partial charge in [0, 0.05) is 17.1 Å². The summed E-state index contributed by atoms with van der Waals surface area (Å²) in [6, 6.07) is 17.7. The SMILES string of the molecule is CSc1ccccc1NC1CCNCc2ccccc21. The summed E-state index contributed by atoms with van der Waals surface area (Å²) >= 11 is 1.79. The van der Waals surface area contributed by atoms with Crippen molar-refractivity contribution in [2.45, 2.75) is 23.9 Å². The molecule has 0 spiro atoms. The zero-order valence-electron chi connectivity index (χ0n) is 11.7. The summed E-state index contributed by atoms with van der Waals surface area (Å²) in [6.07, 6.45) is 3.24. The first-order chi connectivity index (χ1) is 9.88. The molecule has 0 aromatic heterocycles. The average molecular weight is 284 g/mol. The van der Waals surface area contributed by atoms with Crippen LogP contribution in [-0.2, 0) is 6.54 Å². The molecule has 1 atom stereocenters. The van der Waals surface area contributed by atoms with Crippen LogP contribution in [0.5, 0.6) is 0 Å². The van der Waals surface area contributed by atoms with Gasteiger partial charge in [-0.25, -0.2) is 0 Å². The van der Waals surface area contributed by atoms with Gasteiger partial charge in [-0.3, -0.25) is 0 Å². The van der Waals surface area contributed by atoms with E-state index >= 15 is 0 Å². The molecule has 2 N–H and O–H groups in total. The number of para-hydroxylation sites is 1. The number of anilines is 1. The van der Waals surface area contributed by atoms with Gasteiger partial charge in [-0.05, 0) is 42.5 Å². The molecule has 3 heteroatoms. The topological polar surface area (TPSA) is 24.1 Å². The Bertz CT molecular complexity index is 583. The van der Waals surface area contributed by atoms with E-state index in [2.05, 4.69) is 65.4 Å². The fraction of sp³-hybridized carbons (Fsp3) is 0.294. The van der Waals surface area contributed by atoms with Crippen LogP contribution in [0.15, 0.2) is 53.4 Å². The van der Waals surface area contributed by atoms with Crippen molar-refractivity contribution < 1.29 is 0 Å². The maximum Gasteiger partial charge on any atom is 0.0529 e. The molecule has 1 aliphatic heterocycles. The van der Waals surface area contributed by atoms with E-state index in [0.29, 0.717) is 6.04 Å². The fourth-order valence-electron chi connectivity index (χ4n) is 2.76. The van der Waals surface area contributed by atoms with Gasteiger partial charge in [0.05, 0.1) is 6.04 Å². The third-order valence-corrected chi connectivity index (χ3v) is 4.59. The van der Waals surface area contributed by atoms with Crippen molar-refractivity contribution in [2.75, 3.05) is 18.1 Å². The molecule has 20 heavy (non-hydrogen) atoms. The first-order valence-corrected chi connectivity index (χ1v) is 8.29. The molecular weight excluding hydrogens is 264 g/mol. The monoisotopic (exact) mass is 284 g/mol. The minimum absolute atomic E-state index is 0.384. The van der Waals surface area contributed by atoms with Gasteiger partial charge in [0.1, 0.15) is 0 Å². The Morgan fingerprint density at radius 3 is 2.80 bits per heavy atom. The van der Waals surface area contributed by atoms with E-state index in [4.69, 9.17) is 0 Å². The molecule has 1 aliphatic rings. The smallest absolute Gasteiger partial charge is 0.0529 e. The fourth-order valence-corrected chi connectivity index (χ4v) is 3.32. The van der Waals surface area contributed by atoms with Crippen LogP contribution in [0.25, 0.3) is 0 Å². The highest BCUT2D eigenvalue weighted by Gasteiger charge is 2.18. The normalized spacial score (nSPS) is 18.1. The number of nitrogens with one attached hydrogen (secondary N) is 2. The molecule has 0 bridgehead atoms. The Hall–Kier alpha value is -1.45. The number of benzene rings is 2. The van der Waals surface area contributed by atoms with Crippen molar-refractivity contribution in [3.8, 4) is 0 Å². The average Bonchev–Trinajstić information content (AvgIpc) is 2.71. The van der Waals surface area contributed by atoms with Crippen LogP contribution < -0.4 is 10.6 Å². The molecule has 1 unspecified atom stereocenters. The number of hydrogen-bond acceptors (Lipinski definition) is 3. The van der Waals surface area contributed by atoms with Crippen LogP contribution in [0.3, 0.4) is 0 Å². The molecule has 1 heterocycles. The van der Waals surface area contributed by atoms with Gasteiger partial charge in [0.15, 0.2) is 0 Å². The van der Waals surface area contributed by atoms with Crippen molar-refractivity contribution in [3.05, 3.63) is 59.7 Å². The molecule has 2 aromatic carbocycles. The molecule has 2 nitrogen and oxygen atoms in total. The lowest BCUT2D eigenvalue weighted by Crippen LogP contribution is -2.15. The number of hydrogen-bond donors (Lipinski definition) is 2. The second kappa shape index (κ2) is 6.33. The predicted molar refractivity (Wildman–Crippen MR) is 87.4 cm³/mol. The molecule has 104 valence electrons. The summed E-state index contributed by atoms with van der Waals surface area (Å²) in [5, 5.41) is 7.24. The maximum absolute atomic E-state index is 3.74. The lowest BCUT2D eigenvalue weighted by Gasteiger charge is -2.21. The maximum atomic E-state index is 3.74. The van der Waals surface area contributed by atoms with E-state index in [-0.39, 0.29) is 0 Å². The van der Waals surface area contributed by atoms with Gasteiger partial charge < -0.3 is 10.6 Å². The highest BCUT2D eigenvalue weighted by molar-refractivity contribution is 7.98. The molecule has 2 aromatic rings. The van der Waals surface area contributed by atoms with Crippen molar-refractivity contribution in [2.24, 2.45) is 0 Å². The largest absolute Gasteiger partial charge is 0.377 e. The molecule has 0 fully saturated rings. The Kier molecular flexibility index (Phi) is 4.28. The Balaban J connectivity index is 1.90. The van der Waals surface area contributed by atoms with E-state index in [1.807, 2.05) is 0 Å². The zero-order chi connectivity index (χ0) is 13.8. The summed E-state index contributed by atoms with van der Waals surface area (Å²) in [7, 11) is 0. The number of rotatable bonds is 3. The van der Waals surface area contributed by atoms with E-state index in [9.17, 15) is 0 Å². The predicted octanol–water partition coefficient (Wildman–Crippen LogP) is 4.06. The van der Waals surface area contributed by atoms with Crippen molar-refractivity contribution in [1.29, 1.82) is 0 Å². The Labute approximate surface area is 125 Å². The number of thioether (sulfide) groups is 1. The minimum Gasteiger partial charge on any atom is -0.377 e. The van der Waals surface area contributed by atoms with Gasteiger partial charge >= 0.3 is 0 Å². The molecule has 0 aliphatic carbocycles. The highest BCUT2D eigenvalue weighted by atomic mass is 32.2. The quantitative estimate of drug-likeness (QED) is 0.831. The van der Waals surface area contributed by atoms with Crippen molar-refractivity contribution in [3.63, 3.8) is 0 Å². The van der Waals surface area contributed by atoms with Crippen LogP contribution in [0.2, 0.25) is 0 Å². The van der Waals surface area contributed by atoms with Gasteiger partial charge in [0.25, 0.3) is 0 Å². The number of fused-ring (bicyclic) bond motifs is 1. The minimum atomic E-state index is 0.384. The van der Waals surface area contributed by atoms with E-state index in [1.54, 1.807) is 11.8 Å². The van der Waals surface area contributed by atoms with Gasteiger partial charge in [-0.15, -0.1) is 11.8 Å². The van der Waals surface area contributed by atoms with Crippen LogP contribution in [0.4, 0.5) is 5.69 Å². The summed E-state index contributed by atoms with van der Waals surface area (Å²) in [4.78, 5) is 1.31. The second-order valence-corrected chi connectivity index (χ2v) is 5.91. The zero-order valence-corrected chi connectivity index (χ0v) is 12.5. The molecule has 3 rings (SSSR count). The summed E-state index contributed by atoms with van der Waals surface area (Å²) in [5.74, 6) is 0. The van der Waals surface area contributed by atoms with Gasteiger partial charge in [-0.1, -0.05) is 36.4 Å². The van der Waals surface area contributed by atoms with E-state index < -0.39 is 0 Å². The summed E-state index contributed by atoms with van der Waals surface area (Å²) in [5.41, 5.74) is 4.07. The summed E-state index contributed by atoms with van der Waals surface area (Å²) in [6.45, 7) is 2.02. The first kappa shape index (κ1) is 13.5. The first-order valence-electron chi connectivity index (χ1n) is 7.06. The van der Waals surface area contributed by atoms with Crippen LogP contribution in [-0.4, -0.2) is 12.8 Å². The molecule has 0 amide bonds. The van der Waals surface area contributed by atoms with Crippen LogP contribution >= 0.6 is 11.8 Å². The Morgan fingerprint density at radius 1 is 1.10 bits per heavy atom. The second-order valence-electron chi connectivity index (χ2n) is 5.06. The molecule has 0 saturated carbocycles. The highest BCUT2D eigenvalue weighted by Crippen LogP contribution is 2.31. The lowest BCUT2D eigenvalue weighted by molar-refractivity contribution is 0.636. The lowest BCUT2D eigenvalue weighted by atomic mass is 9.99. The van der Waals surface area contributed by atoms with Gasteiger partial charge in [-0.2, -0.15) is 0 Å². The third-order valence-electron chi connectivity index (χ3n) is 3.79. The van der Waals surface area contributed by atoms with Crippen molar-refractivity contribution >= 4 is 17.4 Å². The molecule has 0 saturated heterocycles. The van der Waals surface area contributed by atoms with Gasteiger partial charge in [0.2, 0.25) is 0 Å². The molecular formula is C17H20N2S.